The van der Waals surface area contributed by atoms with Gasteiger partial charge in [0.1, 0.15) is 17.4 Å². The van der Waals surface area contributed by atoms with Gasteiger partial charge in [-0.3, -0.25) is 0 Å². The van der Waals surface area contributed by atoms with Crippen molar-refractivity contribution in [3.63, 3.8) is 0 Å². The number of hydrogen-bond donors (Lipinski definition) is 0. The highest BCUT2D eigenvalue weighted by Crippen LogP contribution is 2.21. The number of halogens is 2. The van der Waals surface area contributed by atoms with Gasteiger partial charge in [0.2, 0.25) is 10.0 Å². The van der Waals surface area contributed by atoms with Crippen molar-refractivity contribution in [1.82, 2.24) is 9.29 Å². The lowest BCUT2D eigenvalue weighted by atomic mass is 10.3. The molecule has 0 bridgehead atoms. The Morgan fingerprint density at radius 1 is 1.32 bits per heavy atom. The standard InChI is InChI=1S/C13H14F2N2O3S2/c1-17(8-13-16-6-7-21-13)22(18,19)11-4-2-10(3-5-11)20-9-12(14)15/h2-7,12H,8-9H2,1H3. The number of benzene rings is 1. The molecule has 0 atom stereocenters. The van der Waals surface area contributed by atoms with Crippen LogP contribution in [0.3, 0.4) is 0 Å². The molecule has 0 saturated carbocycles. The number of aromatic nitrogens is 1. The van der Waals surface area contributed by atoms with Gasteiger partial charge in [0, 0.05) is 18.6 Å². The molecule has 120 valence electrons. The third-order valence-electron chi connectivity index (χ3n) is 2.75. The molecule has 1 aromatic carbocycles. The summed E-state index contributed by atoms with van der Waals surface area (Å²) < 4.78 is 54.8. The first-order valence-corrected chi connectivity index (χ1v) is 8.57. The molecule has 1 aromatic heterocycles. The Kier molecular flexibility index (Phi) is 5.43. The molecule has 0 unspecified atom stereocenters. The molecular formula is C13H14F2N2O3S2. The number of sulfonamides is 1. The minimum absolute atomic E-state index is 0.0657. The Bertz CT molecular complexity index is 689. The van der Waals surface area contributed by atoms with Crippen molar-refractivity contribution in [1.29, 1.82) is 0 Å². The Balaban J connectivity index is 2.08. The normalized spacial score (nSPS) is 12.0. The third-order valence-corrected chi connectivity index (χ3v) is 5.33. The zero-order valence-corrected chi connectivity index (χ0v) is 13.3. The zero-order valence-electron chi connectivity index (χ0n) is 11.6. The second-order valence-electron chi connectivity index (χ2n) is 4.36. The van der Waals surface area contributed by atoms with Crippen molar-refractivity contribution in [2.45, 2.75) is 17.9 Å². The zero-order chi connectivity index (χ0) is 16.2. The fourth-order valence-electron chi connectivity index (χ4n) is 1.65. The summed E-state index contributed by atoms with van der Waals surface area (Å²) >= 11 is 1.37. The van der Waals surface area contributed by atoms with E-state index in [0.717, 1.165) is 0 Å². The molecule has 0 N–H and O–H groups in total. The summed E-state index contributed by atoms with van der Waals surface area (Å²) in [7, 11) is -2.21. The largest absolute Gasteiger partial charge is 0.488 e. The van der Waals surface area contributed by atoms with E-state index in [2.05, 4.69) is 4.98 Å². The van der Waals surface area contributed by atoms with Gasteiger partial charge < -0.3 is 4.74 Å². The second-order valence-corrected chi connectivity index (χ2v) is 7.38. The maximum absolute atomic E-state index is 12.4. The van der Waals surface area contributed by atoms with Crippen LogP contribution in [0.2, 0.25) is 0 Å². The molecule has 0 aliphatic rings. The van der Waals surface area contributed by atoms with Crippen molar-refractivity contribution in [2.75, 3.05) is 13.7 Å². The summed E-state index contributed by atoms with van der Waals surface area (Å²) in [5, 5.41) is 2.45. The molecule has 5 nitrogen and oxygen atoms in total. The molecule has 0 aliphatic carbocycles. The fraction of sp³-hybridized carbons (Fsp3) is 0.308. The molecule has 9 heteroatoms. The van der Waals surface area contributed by atoms with Crippen LogP contribution in [0.1, 0.15) is 5.01 Å². The Morgan fingerprint density at radius 3 is 2.55 bits per heavy atom. The van der Waals surface area contributed by atoms with Gasteiger partial charge >= 0.3 is 0 Å². The van der Waals surface area contributed by atoms with Crippen molar-refractivity contribution in [2.24, 2.45) is 0 Å². The summed E-state index contributed by atoms with van der Waals surface area (Å²) in [6.07, 6.45) is -0.969. The van der Waals surface area contributed by atoms with E-state index < -0.39 is 23.1 Å². The van der Waals surface area contributed by atoms with Gasteiger partial charge in [0.25, 0.3) is 6.43 Å². The van der Waals surface area contributed by atoms with E-state index in [-0.39, 0.29) is 17.2 Å². The second kappa shape index (κ2) is 7.12. The lowest BCUT2D eigenvalue weighted by Gasteiger charge is -2.16. The van der Waals surface area contributed by atoms with Gasteiger partial charge in [0.05, 0.1) is 11.4 Å². The van der Waals surface area contributed by atoms with Crippen molar-refractivity contribution < 1.29 is 21.9 Å². The van der Waals surface area contributed by atoms with E-state index in [1.807, 2.05) is 0 Å². The highest BCUT2D eigenvalue weighted by molar-refractivity contribution is 7.89. The Labute approximate surface area is 131 Å². The fourth-order valence-corrected chi connectivity index (χ4v) is 3.54. The summed E-state index contributed by atoms with van der Waals surface area (Å²) in [6, 6.07) is 5.36. The smallest absolute Gasteiger partial charge is 0.272 e. The summed E-state index contributed by atoms with van der Waals surface area (Å²) in [6.45, 7) is -0.556. The van der Waals surface area contributed by atoms with E-state index >= 15 is 0 Å². The van der Waals surface area contributed by atoms with E-state index in [1.165, 1.54) is 47.0 Å². The molecule has 22 heavy (non-hydrogen) atoms. The number of nitrogens with zero attached hydrogens (tertiary/aromatic N) is 2. The maximum atomic E-state index is 12.4. The number of hydrogen-bond acceptors (Lipinski definition) is 5. The van der Waals surface area contributed by atoms with E-state index in [0.29, 0.717) is 5.01 Å². The minimum atomic E-state index is -3.67. The third kappa shape index (κ3) is 4.21. The molecule has 0 aliphatic heterocycles. The summed E-state index contributed by atoms with van der Waals surface area (Å²) in [5.74, 6) is 0.196. The Hall–Kier alpha value is -1.58. The van der Waals surface area contributed by atoms with Crippen LogP contribution in [-0.4, -0.2) is 37.8 Å². The average molecular weight is 348 g/mol. The lowest BCUT2D eigenvalue weighted by molar-refractivity contribution is 0.0819. The molecule has 0 amide bonds. The van der Waals surface area contributed by atoms with E-state index in [9.17, 15) is 17.2 Å². The quantitative estimate of drug-likeness (QED) is 0.772. The number of rotatable bonds is 7. The monoisotopic (exact) mass is 348 g/mol. The topological polar surface area (TPSA) is 59.5 Å². The summed E-state index contributed by atoms with van der Waals surface area (Å²) in [4.78, 5) is 4.11. The van der Waals surface area contributed by atoms with Crippen molar-refractivity contribution >= 4 is 21.4 Å². The first-order chi connectivity index (χ1) is 10.4. The number of ether oxygens (including phenoxy) is 1. The minimum Gasteiger partial charge on any atom is -0.488 e. The molecule has 0 radical (unpaired) electrons. The van der Waals surface area contributed by atoms with Gasteiger partial charge in [-0.05, 0) is 24.3 Å². The van der Waals surface area contributed by atoms with Crippen LogP contribution in [0.25, 0.3) is 0 Å². The van der Waals surface area contributed by atoms with Gasteiger partial charge in [-0.1, -0.05) is 0 Å². The lowest BCUT2D eigenvalue weighted by Crippen LogP contribution is -2.26. The molecule has 2 rings (SSSR count). The van der Waals surface area contributed by atoms with Crippen LogP contribution in [0.4, 0.5) is 8.78 Å². The van der Waals surface area contributed by atoms with E-state index in [4.69, 9.17) is 4.74 Å². The number of alkyl halides is 2. The molecule has 0 saturated heterocycles. The van der Waals surface area contributed by atoms with Crippen LogP contribution in [0, 0.1) is 0 Å². The Morgan fingerprint density at radius 2 is 2.00 bits per heavy atom. The first kappa shape index (κ1) is 16.8. The van der Waals surface area contributed by atoms with Gasteiger partial charge in [0.15, 0.2) is 0 Å². The van der Waals surface area contributed by atoms with Crippen LogP contribution < -0.4 is 4.74 Å². The highest BCUT2D eigenvalue weighted by atomic mass is 32.2. The highest BCUT2D eigenvalue weighted by Gasteiger charge is 2.21. The van der Waals surface area contributed by atoms with Crippen LogP contribution in [-0.2, 0) is 16.6 Å². The predicted molar refractivity (Wildman–Crippen MR) is 78.7 cm³/mol. The maximum Gasteiger partial charge on any atom is 0.272 e. The SMILES string of the molecule is CN(Cc1nccs1)S(=O)(=O)c1ccc(OCC(F)F)cc1. The van der Waals surface area contributed by atoms with Gasteiger partial charge in [-0.15, -0.1) is 11.3 Å². The number of thiazole rings is 1. The molecule has 0 spiro atoms. The first-order valence-electron chi connectivity index (χ1n) is 6.25. The van der Waals surface area contributed by atoms with E-state index in [1.54, 1.807) is 11.6 Å². The molecule has 0 fully saturated rings. The van der Waals surface area contributed by atoms with Gasteiger partial charge in [-0.25, -0.2) is 22.2 Å². The van der Waals surface area contributed by atoms with Crippen molar-refractivity contribution in [3.05, 3.63) is 40.8 Å². The van der Waals surface area contributed by atoms with Crippen molar-refractivity contribution in [3.8, 4) is 5.75 Å². The van der Waals surface area contributed by atoms with Crippen LogP contribution in [0.5, 0.6) is 5.75 Å². The predicted octanol–water partition coefficient (Wildman–Crippen LogP) is 2.61. The average Bonchev–Trinajstić information content (AvgIpc) is 2.98. The molecule has 1 heterocycles. The molecule has 2 aromatic rings. The van der Waals surface area contributed by atoms with Crippen LogP contribution in [0.15, 0.2) is 40.7 Å². The summed E-state index contributed by atoms with van der Waals surface area (Å²) in [5.41, 5.74) is 0. The van der Waals surface area contributed by atoms with Gasteiger partial charge in [-0.2, -0.15) is 4.31 Å². The van der Waals surface area contributed by atoms with Crippen LogP contribution >= 0.6 is 11.3 Å². The molecular weight excluding hydrogens is 334 g/mol.